The number of nitrogens with two attached hydrogens (primary N) is 1. The van der Waals surface area contributed by atoms with E-state index in [9.17, 15) is 9.59 Å². The van der Waals surface area contributed by atoms with Crippen molar-refractivity contribution in [2.45, 2.75) is 20.0 Å². The summed E-state index contributed by atoms with van der Waals surface area (Å²) in [4.78, 5) is 35.9. The largest absolute Gasteiger partial charge is 0.383 e. The summed E-state index contributed by atoms with van der Waals surface area (Å²) < 4.78 is 0. The molecule has 9 nitrogen and oxygen atoms in total. The number of H-pyrrole nitrogens is 1. The first kappa shape index (κ1) is 20.0. The molecule has 3 heterocycles. The topological polar surface area (TPSA) is 130 Å². The molecule has 3 aromatic heterocycles. The first-order chi connectivity index (χ1) is 15.0. The Morgan fingerprint density at radius 2 is 1.87 bits per heavy atom. The lowest BCUT2D eigenvalue weighted by atomic mass is 10.1. The van der Waals surface area contributed by atoms with Gasteiger partial charge in [-0.3, -0.25) is 19.7 Å². The van der Waals surface area contributed by atoms with Gasteiger partial charge in [-0.05, 0) is 24.1 Å². The summed E-state index contributed by atoms with van der Waals surface area (Å²) in [5.74, 6) is -1.19. The maximum absolute atomic E-state index is 13.1. The Morgan fingerprint density at radius 3 is 2.65 bits per heavy atom. The smallest absolute Gasteiger partial charge is 0.314 e. The van der Waals surface area contributed by atoms with Gasteiger partial charge in [-0.15, -0.1) is 0 Å². The molecule has 4 N–H and O–H groups in total. The molecule has 9 heteroatoms. The molecule has 0 aliphatic rings. The van der Waals surface area contributed by atoms with Crippen molar-refractivity contribution in [2.24, 2.45) is 0 Å². The Hall–Kier alpha value is -4.27. The quantitative estimate of drug-likeness (QED) is 0.429. The van der Waals surface area contributed by atoms with Gasteiger partial charge in [0.15, 0.2) is 0 Å². The van der Waals surface area contributed by atoms with Crippen LogP contribution in [-0.2, 0) is 22.7 Å². The second-order valence-corrected chi connectivity index (χ2v) is 7.08. The molecular formula is C22H21N7O2. The van der Waals surface area contributed by atoms with Crippen molar-refractivity contribution in [2.75, 3.05) is 11.1 Å². The zero-order valence-electron chi connectivity index (χ0n) is 16.9. The third-order valence-corrected chi connectivity index (χ3v) is 4.92. The number of aromatic amines is 1. The van der Waals surface area contributed by atoms with E-state index in [2.05, 4.69) is 25.5 Å². The van der Waals surface area contributed by atoms with Crippen molar-refractivity contribution in [3.63, 3.8) is 0 Å². The molecule has 0 aliphatic carbocycles. The number of aromatic nitrogens is 4. The number of carbonyl (C=O) groups is 2. The minimum atomic E-state index is -0.785. The van der Waals surface area contributed by atoms with Crippen molar-refractivity contribution in [3.05, 3.63) is 77.9 Å². The van der Waals surface area contributed by atoms with Crippen LogP contribution in [0, 0.1) is 6.92 Å². The minimum absolute atomic E-state index is 0.202. The molecule has 0 saturated carbocycles. The number of nitrogens with zero attached hydrogens (tertiary/aromatic N) is 4. The van der Waals surface area contributed by atoms with E-state index in [1.165, 1.54) is 17.3 Å². The second-order valence-electron chi connectivity index (χ2n) is 7.08. The molecule has 0 radical (unpaired) electrons. The van der Waals surface area contributed by atoms with Crippen LogP contribution in [0.4, 0.5) is 11.5 Å². The molecule has 0 unspecified atom stereocenters. The molecule has 0 aliphatic heterocycles. The van der Waals surface area contributed by atoms with Gasteiger partial charge in [-0.1, -0.05) is 36.4 Å². The fraction of sp³-hybridized carbons (Fsp3) is 0.136. The van der Waals surface area contributed by atoms with E-state index in [-0.39, 0.29) is 18.9 Å². The summed E-state index contributed by atoms with van der Waals surface area (Å²) in [6.07, 6.45) is 4.58. The number of pyridine rings is 2. The number of benzene rings is 1. The lowest BCUT2D eigenvalue weighted by Gasteiger charge is -2.23. The van der Waals surface area contributed by atoms with Gasteiger partial charge in [-0.25, -0.2) is 4.98 Å². The third kappa shape index (κ3) is 4.35. The van der Waals surface area contributed by atoms with Crippen LogP contribution in [0.25, 0.3) is 10.9 Å². The molecular weight excluding hydrogens is 394 g/mol. The van der Waals surface area contributed by atoms with Crippen LogP contribution in [-0.4, -0.2) is 36.9 Å². The van der Waals surface area contributed by atoms with Gasteiger partial charge in [0, 0.05) is 12.7 Å². The van der Waals surface area contributed by atoms with E-state index in [1.807, 2.05) is 49.4 Å². The van der Waals surface area contributed by atoms with Crippen LogP contribution < -0.4 is 11.1 Å². The molecule has 4 aromatic rings. The van der Waals surface area contributed by atoms with E-state index in [0.717, 1.165) is 16.8 Å². The highest BCUT2D eigenvalue weighted by atomic mass is 16.2. The van der Waals surface area contributed by atoms with Gasteiger partial charge in [0.1, 0.15) is 5.82 Å². The van der Waals surface area contributed by atoms with Crippen molar-refractivity contribution >= 4 is 34.2 Å². The summed E-state index contributed by atoms with van der Waals surface area (Å²) >= 11 is 0. The maximum atomic E-state index is 13.1. The van der Waals surface area contributed by atoms with E-state index < -0.39 is 11.8 Å². The molecule has 4 rings (SSSR count). The van der Waals surface area contributed by atoms with Crippen molar-refractivity contribution in [1.29, 1.82) is 0 Å². The van der Waals surface area contributed by atoms with Gasteiger partial charge >= 0.3 is 11.8 Å². The predicted octanol–water partition coefficient (Wildman–Crippen LogP) is 2.41. The zero-order valence-corrected chi connectivity index (χ0v) is 16.9. The molecule has 0 saturated heterocycles. The molecule has 0 atom stereocenters. The molecule has 0 bridgehead atoms. The normalized spacial score (nSPS) is 10.7. The highest BCUT2D eigenvalue weighted by Gasteiger charge is 2.24. The summed E-state index contributed by atoms with van der Waals surface area (Å²) in [5.41, 5.74) is 9.23. The number of rotatable bonds is 5. The van der Waals surface area contributed by atoms with Crippen molar-refractivity contribution in [1.82, 2.24) is 25.1 Å². The van der Waals surface area contributed by atoms with Crippen LogP contribution in [0.2, 0.25) is 0 Å². The van der Waals surface area contributed by atoms with Crippen molar-refractivity contribution < 1.29 is 9.59 Å². The molecule has 31 heavy (non-hydrogen) atoms. The number of hydrogen-bond donors (Lipinski definition) is 3. The highest BCUT2D eigenvalue weighted by molar-refractivity contribution is 6.40. The average molecular weight is 415 g/mol. The van der Waals surface area contributed by atoms with Crippen LogP contribution in [0.1, 0.15) is 16.8 Å². The highest BCUT2D eigenvalue weighted by Crippen LogP contribution is 2.24. The number of aryl methyl sites for hydroxylation is 1. The Kier molecular flexibility index (Phi) is 5.57. The summed E-state index contributed by atoms with van der Waals surface area (Å²) in [5, 5.41) is 9.89. The third-order valence-electron chi connectivity index (χ3n) is 4.92. The van der Waals surface area contributed by atoms with E-state index >= 15 is 0 Å². The SMILES string of the molecule is Cc1cccnc1CN(Cc1ccccc1)C(=O)C(=O)Nc1cnc(N)c2cn[nH]c12. The molecule has 0 fully saturated rings. The minimum Gasteiger partial charge on any atom is -0.383 e. The number of nitrogens with one attached hydrogen (secondary N) is 2. The number of anilines is 2. The molecule has 156 valence electrons. The van der Waals surface area contributed by atoms with Crippen LogP contribution in [0.15, 0.2) is 61.1 Å². The molecule has 2 amide bonds. The van der Waals surface area contributed by atoms with E-state index in [1.54, 1.807) is 6.20 Å². The van der Waals surface area contributed by atoms with Crippen LogP contribution >= 0.6 is 0 Å². The van der Waals surface area contributed by atoms with Gasteiger partial charge < -0.3 is 16.0 Å². The first-order valence-corrected chi connectivity index (χ1v) is 9.65. The lowest BCUT2D eigenvalue weighted by molar-refractivity contribution is -0.144. The second kappa shape index (κ2) is 8.62. The summed E-state index contributed by atoms with van der Waals surface area (Å²) in [6, 6.07) is 13.2. The Bertz CT molecular complexity index is 1240. The van der Waals surface area contributed by atoms with Gasteiger partial charge in [0.05, 0.1) is 41.2 Å². The summed E-state index contributed by atoms with van der Waals surface area (Å²) in [6.45, 7) is 2.39. The molecule has 0 spiro atoms. The van der Waals surface area contributed by atoms with Gasteiger partial charge in [-0.2, -0.15) is 5.10 Å². The summed E-state index contributed by atoms with van der Waals surface area (Å²) in [7, 11) is 0. The zero-order chi connectivity index (χ0) is 21.8. The van der Waals surface area contributed by atoms with E-state index in [0.29, 0.717) is 16.6 Å². The fourth-order valence-corrected chi connectivity index (χ4v) is 3.24. The first-order valence-electron chi connectivity index (χ1n) is 9.65. The fourth-order valence-electron chi connectivity index (χ4n) is 3.24. The number of nitrogen functional groups attached to an aromatic ring is 1. The van der Waals surface area contributed by atoms with Crippen LogP contribution in [0.5, 0.6) is 0 Å². The maximum Gasteiger partial charge on any atom is 0.314 e. The average Bonchev–Trinajstić information content (AvgIpc) is 3.28. The van der Waals surface area contributed by atoms with Crippen molar-refractivity contribution in [3.8, 4) is 0 Å². The van der Waals surface area contributed by atoms with E-state index in [4.69, 9.17) is 5.73 Å². The predicted molar refractivity (Wildman–Crippen MR) is 117 cm³/mol. The number of carbonyl (C=O) groups excluding carboxylic acids is 2. The number of amides is 2. The molecule has 1 aromatic carbocycles. The lowest BCUT2D eigenvalue weighted by Crippen LogP contribution is -2.39. The Morgan fingerprint density at radius 1 is 1.06 bits per heavy atom. The van der Waals surface area contributed by atoms with Gasteiger partial charge in [0.25, 0.3) is 0 Å². The standard InChI is InChI=1S/C22H21N7O2/c1-14-6-5-9-24-18(14)13-29(12-15-7-3-2-4-8-15)22(31)21(30)27-17-11-25-20(23)16-10-26-28-19(16)17/h2-11H,12-13H2,1H3,(H2,23,25)(H,26,28)(H,27,30). The Balaban J connectivity index is 1.59. The Labute approximate surface area is 178 Å². The van der Waals surface area contributed by atoms with Crippen LogP contribution in [0.3, 0.4) is 0 Å². The monoisotopic (exact) mass is 415 g/mol. The number of hydrogen-bond acceptors (Lipinski definition) is 6. The van der Waals surface area contributed by atoms with Gasteiger partial charge in [0.2, 0.25) is 0 Å². The number of fused-ring (bicyclic) bond motifs is 1.